The van der Waals surface area contributed by atoms with Gasteiger partial charge in [0.1, 0.15) is 28.3 Å². The van der Waals surface area contributed by atoms with E-state index in [9.17, 15) is 36.8 Å². The maximum atomic E-state index is 14.9. The third-order valence-electron chi connectivity index (χ3n) is 6.17. The second-order valence-corrected chi connectivity index (χ2v) is 11.2. The monoisotopic (exact) mass is 608 g/mol. The molecule has 3 rings (SSSR count). The number of anilines is 1. The van der Waals surface area contributed by atoms with Gasteiger partial charge in [-0.15, -0.1) is 12.4 Å². The second-order valence-electron chi connectivity index (χ2n) is 8.90. The largest absolute Gasteiger partial charge is 0.442 e. The third kappa shape index (κ3) is 8.76. The zero-order valence-corrected chi connectivity index (χ0v) is 23.1. The summed E-state index contributed by atoms with van der Waals surface area (Å²) in [6.45, 7) is -1.07. The molecule has 0 bridgehead atoms. The summed E-state index contributed by atoms with van der Waals surface area (Å²) in [5, 5.41) is 2.17. The summed E-state index contributed by atoms with van der Waals surface area (Å²) in [5.74, 6) is -3.09. The fraction of sp³-hybridized carbons (Fsp3) is 0.522. The van der Waals surface area contributed by atoms with E-state index in [1.54, 1.807) is 0 Å². The van der Waals surface area contributed by atoms with E-state index in [0.717, 1.165) is 17.9 Å². The van der Waals surface area contributed by atoms with Crippen LogP contribution in [0.2, 0.25) is 0 Å². The Balaban J connectivity index is 0.00000560. The molecule has 1 aromatic carbocycles. The predicted molar refractivity (Wildman–Crippen MR) is 139 cm³/mol. The first-order chi connectivity index (χ1) is 18.4. The molecule has 3 N–H and O–H groups in total. The molecule has 2 aliphatic heterocycles. The van der Waals surface area contributed by atoms with E-state index in [-0.39, 0.29) is 55.2 Å². The minimum absolute atomic E-state index is 0. The average molecular weight is 609 g/mol. The highest BCUT2D eigenvalue weighted by atomic mass is 35.5. The van der Waals surface area contributed by atoms with Crippen LogP contribution in [-0.2, 0) is 38.4 Å². The van der Waals surface area contributed by atoms with Gasteiger partial charge in [-0.3, -0.25) is 19.3 Å². The summed E-state index contributed by atoms with van der Waals surface area (Å²) in [7, 11) is -3.10. The van der Waals surface area contributed by atoms with Gasteiger partial charge in [-0.05, 0) is 36.5 Å². The number of carbonyl (C=O) groups excluding carboxylic acids is 5. The minimum Gasteiger partial charge on any atom is -0.442 e. The molecule has 2 heterocycles. The van der Waals surface area contributed by atoms with Crippen molar-refractivity contribution in [1.29, 1.82) is 0 Å². The van der Waals surface area contributed by atoms with Crippen LogP contribution in [0.4, 0.5) is 19.7 Å². The molecule has 0 aromatic heterocycles. The second kappa shape index (κ2) is 14.2. The maximum absolute atomic E-state index is 14.9. The van der Waals surface area contributed by atoms with Gasteiger partial charge in [0.2, 0.25) is 18.6 Å². The number of carbonyl (C=O) groups is 5. The van der Waals surface area contributed by atoms with Gasteiger partial charge >= 0.3 is 18.2 Å². The number of benzene rings is 1. The molecule has 0 aliphatic carbocycles. The number of sulfone groups is 1. The van der Waals surface area contributed by atoms with Crippen LogP contribution in [0, 0.1) is 5.82 Å². The first-order valence-corrected chi connectivity index (χ1v) is 13.8. The van der Waals surface area contributed by atoms with Gasteiger partial charge in [-0.1, -0.05) is 6.07 Å². The van der Waals surface area contributed by atoms with Crippen molar-refractivity contribution in [3.05, 3.63) is 29.6 Å². The average Bonchev–Trinajstić information content (AvgIpc) is 3.25. The molecule has 2 saturated heterocycles. The minimum atomic E-state index is -3.10. The number of amides is 4. The number of nitrogens with zero attached hydrogens (tertiary/aromatic N) is 2. The van der Waals surface area contributed by atoms with Gasteiger partial charge in [0.05, 0.1) is 36.8 Å². The molecule has 17 heteroatoms. The first kappa shape index (κ1) is 32.7. The lowest BCUT2D eigenvalue weighted by atomic mass is 9.93. The highest BCUT2D eigenvalue weighted by Crippen LogP contribution is 2.33. The molecule has 40 heavy (non-hydrogen) atoms. The van der Waals surface area contributed by atoms with Crippen LogP contribution < -0.4 is 16.0 Å². The van der Waals surface area contributed by atoms with E-state index < -0.39 is 65.1 Å². The molecular formula is C23H30ClFN4O10S. The number of halogens is 2. The van der Waals surface area contributed by atoms with Crippen molar-refractivity contribution in [2.24, 2.45) is 5.73 Å². The molecule has 0 radical (unpaired) electrons. The van der Waals surface area contributed by atoms with Crippen LogP contribution >= 0.6 is 12.4 Å². The molecule has 2 fully saturated rings. The topological polar surface area (TPSA) is 192 Å². The lowest BCUT2D eigenvalue weighted by molar-refractivity contribution is -0.152. The van der Waals surface area contributed by atoms with E-state index in [4.69, 9.17) is 15.2 Å². The SMILES string of the molecule is CC(=O)N(C[C@H]1CN(c2ccc(C3CCS(=O)(=O)CC3)c(F)c2)C(=O)O1)C(=O)OCOC(=O)CNC(=O)CN.Cl. The van der Waals surface area contributed by atoms with Crippen LogP contribution in [0.25, 0.3) is 0 Å². The van der Waals surface area contributed by atoms with Gasteiger partial charge in [0, 0.05) is 6.92 Å². The Labute approximate surface area is 235 Å². The summed E-state index contributed by atoms with van der Waals surface area (Å²) in [5.41, 5.74) is 5.65. The summed E-state index contributed by atoms with van der Waals surface area (Å²) >= 11 is 0. The number of ether oxygens (including phenoxy) is 3. The number of cyclic esters (lactones) is 1. The Kier molecular flexibility index (Phi) is 11.6. The third-order valence-corrected chi connectivity index (χ3v) is 7.88. The first-order valence-electron chi connectivity index (χ1n) is 12.0. The molecule has 1 aromatic rings. The summed E-state index contributed by atoms with van der Waals surface area (Å²) in [6.07, 6.45) is -2.32. The van der Waals surface area contributed by atoms with Crippen molar-refractivity contribution >= 4 is 57.9 Å². The molecule has 0 saturated carbocycles. The lowest BCUT2D eigenvalue weighted by Gasteiger charge is -2.23. The zero-order chi connectivity index (χ0) is 28.7. The summed E-state index contributed by atoms with van der Waals surface area (Å²) in [6, 6.07) is 4.19. The highest BCUT2D eigenvalue weighted by molar-refractivity contribution is 7.91. The van der Waals surface area contributed by atoms with Crippen molar-refractivity contribution in [1.82, 2.24) is 10.2 Å². The highest BCUT2D eigenvalue weighted by Gasteiger charge is 2.36. The van der Waals surface area contributed by atoms with Crippen LogP contribution in [0.1, 0.15) is 31.2 Å². The van der Waals surface area contributed by atoms with Gasteiger partial charge in [0.15, 0.2) is 0 Å². The number of nitrogens with one attached hydrogen (secondary N) is 1. The number of hydrogen-bond acceptors (Lipinski definition) is 11. The summed E-state index contributed by atoms with van der Waals surface area (Å²) in [4.78, 5) is 61.1. The Bertz CT molecular complexity index is 1230. The Morgan fingerprint density at radius 1 is 1.20 bits per heavy atom. The van der Waals surface area contributed by atoms with E-state index in [2.05, 4.69) is 10.1 Å². The number of rotatable bonds is 9. The number of hydrogen-bond donors (Lipinski definition) is 2. The van der Waals surface area contributed by atoms with Crippen molar-refractivity contribution in [3.63, 3.8) is 0 Å². The van der Waals surface area contributed by atoms with Crippen LogP contribution in [0.15, 0.2) is 18.2 Å². The van der Waals surface area contributed by atoms with Crippen molar-refractivity contribution < 1.29 is 51.0 Å². The molecule has 2 aliphatic rings. The molecule has 14 nitrogen and oxygen atoms in total. The van der Waals surface area contributed by atoms with E-state index in [1.165, 1.54) is 12.1 Å². The summed E-state index contributed by atoms with van der Waals surface area (Å²) < 4.78 is 52.9. The molecule has 0 spiro atoms. The lowest BCUT2D eigenvalue weighted by Crippen LogP contribution is -2.42. The number of imide groups is 1. The van der Waals surface area contributed by atoms with Gasteiger partial charge in [-0.25, -0.2) is 27.3 Å². The number of nitrogens with two attached hydrogens (primary N) is 1. The molecule has 222 valence electrons. The Morgan fingerprint density at radius 2 is 1.88 bits per heavy atom. The van der Waals surface area contributed by atoms with Gasteiger partial charge in [0.25, 0.3) is 0 Å². The van der Waals surface area contributed by atoms with Gasteiger partial charge < -0.3 is 25.3 Å². The fourth-order valence-corrected chi connectivity index (χ4v) is 5.59. The van der Waals surface area contributed by atoms with Crippen LogP contribution in [-0.4, -0.2) is 93.9 Å². The van der Waals surface area contributed by atoms with Crippen molar-refractivity contribution in [2.45, 2.75) is 31.8 Å². The zero-order valence-electron chi connectivity index (χ0n) is 21.5. The predicted octanol–water partition coefficient (Wildman–Crippen LogP) is 0.426. The standard InChI is InChI=1S/C23H29FN4O10S.ClH/c1-14(29)27(22(32)37-13-36-21(31)10-26-20(30)9-25)11-17-12-28(23(33)38-17)16-2-3-18(19(24)8-16)15-4-6-39(34,35)7-5-15;/h2-3,8,15,17H,4-7,9-13,25H2,1H3,(H,26,30);1H/t17-;/m0./s1. The normalized spacial score (nSPS) is 18.2. The maximum Gasteiger partial charge on any atom is 0.419 e. The quantitative estimate of drug-likeness (QED) is 0.292. The molecule has 1 atom stereocenters. The Morgan fingerprint density at radius 3 is 2.48 bits per heavy atom. The van der Waals surface area contributed by atoms with Crippen LogP contribution in [0.3, 0.4) is 0 Å². The van der Waals surface area contributed by atoms with Gasteiger partial charge in [-0.2, -0.15) is 0 Å². The molecule has 4 amide bonds. The van der Waals surface area contributed by atoms with Crippen LogP contribution in [0.5, 0.6) is 0 Å². The smallest absolute Gasteiger partial charge is 0.419 e. The number of esters is 1. The fourth-order valence-electron chi connectivity index (χ4n) is 4.10. The van der Waals surface area contributed by atoms with E-state index in [0.29, 0.717) is 23.3 Å². The van der Waals surface area contributed by atoms with E-state index in [1.807, 2.05) is 0 Å². The molecule has 0 unspecified atom stereocenters. The molecular weight excluding hydrogens is 579 g/mol. The van der Waals surface area contributed by atoms with Crippen molar-refractivity contribution in [2.75, 3.05) is 49.4 Å². The Hall–Kier alpha value is -3.50. The van der Waals surface area contributed by atoms with Crippen molar-refractivity contribution in [3.8, 4) is 0 Å². The van der Waals surface area contributed by atoms with E-state index >= 15 is 0 Å².